The minimum Gasteiger partial charge on any atom is -0.366 e. The summed E-state index contributed by atoms with van der Waals surface area (Å²) >= 11 is 0. The van der Waals surface area contributed by atoms with E-state index in [4.69, 9.17) is 11.0 Å². The third-order valence-electron chi connectivity index (χ3n) is 3.37. The number of nitrogens with two attached hydrogens (primary N) is 1. The highest BCUT2D eigenvalue weighted by molar-refractivity contribution is 6.06. The van der Waals surface area contributed by atoms with Crippen LogP contribution in [-0.4, -0.2) is 11.8 Å². The molecule has 9 heteroatoms. The Bertz CT molecular complexity index is 929. The average Bonchev–Trinajstić information content (AvgIpc) is 2.62. The predicted molar refractivity (Wildman–Crippen MR) is 92.4 cm³/mol. The fourth-order valence-electron chi connectivity index (χ4n) is 2.01. The van der Waals surface area contributed by atoms with Gasteiger partial charge in [-0.15, -0.1) is 0 Å². The van der Waals surface area contributed by atoms with Crippen LogP contribution in [0.2, 0.25) is 0 Å². The minimum absolute atomic E-state index is 0.0956. The van der Waals surface area contributed by atoms with Crippen LogP contribution in [-0.2, 0) is 11.0 Å². The maximum absolute atomic E-state index is 12.7. The van der Waals surface area contributed by atoms with Gasteiger partial charge in [-0.05, 0) is 42.5 Å². The topological polar surface area (TPSA) is 108 Å². The molecule has 2 aromatic rings. The molecule has 0 aliphatic rings. The van der Waals surface area contributed by atoms with Crippen LogP contribution in [0.25, 0.3) is 0 Å². The molecular weight excluding hydrogens is 361 g/mol. The number of alkyl halides is 3. The average molecular weight is 374 g/mol. The zero-order valence-corrected chi connectivity index (χ0v) is 13.7. The summed E-state index contributed by atoms with van der Waals surface area (Å²) in [5.41, 5.74) is 4.51. The van der Waals surface area contributed by atoms with Gasteiger partial charge in [0.15, 0.2) is 0 Å². The summed E-state index contributed by atoms with van der Waals surface area (Å²) in [5, 5.41) is 14.0. The van der Waals surface area contributed by atoms with Crippen molar-refractivity contribution in [2.75, 3.05) is 10.6 Å². The number of amides is 2. The van der Waals surface area contributed by atoms with Gasteiger partial charge >= 0.3 is 6.18 Å². The maximum atomic E-state index is 12.7. The van der Waals surface area contributed by atoms with E-state index in [0.29, 0.717) is 5.69 Å². The lowest BCUT2D eigenvalue weighted by molar-refractivity contribution is -0.137. The molecule has 0 bridgehead atoms. The molecule has 0 atom stereocenters. The van der Waals surface area contributed by atoms with Crippen LogP contribution in [0.4, 0.5) is 24.5 Å². The molecule has 27 heavy (non-hydrogen) atoms. The quantitative estimate of drug-likeness (QED) is 0.551. The fourth-order valence-corrected chi connectivity index (χ4v) is 2.01. The van der Waals surface area contributed by atoms with Gasteiger partial charge in [0.1, 0.15) is 11.6 Å². The highest BCUT2D eigenvalue weighted by atomic mass is 19.4. The van der Waals surface area contributed by atoms with Crippen LogP contribution >= 0.6 is 0 Å². The number of primary amides is 1. The minimum atomic E-state index is -4.55. The fraction of sp³-hybridized carbons (Fsp3) is 0.0556. The van der Waals surface area contributed by atoms with Crippen molar-refractivity contribution in [2.45, 2.75) is 6.18 Å². The number of nitrogens with zero attached hydrogens (tertiary/aromatic N) is 1. The van der Waals surface area contributed by atoms with E-state index in [9.17, 15) is 22.8 Å². The zero-order chi connectivity index (χ0) is 20.0. The Kier molecular flexibility index (Phi) is 5.82. The zero-order valence-electron chi connectivity index (χ0n) is 13.7. The first-order chi connectivity index (χ1) is 12.7. The second kappa shape index (κ2) is 8.05. The van der Waals surface area contributed by atoms with E-state index in [-0.39, 0.29) is 16.8 Å². The molecule has 0 heterocycles. The van der Waals surface area contributed by atoms with Gasteiger partial charge in [-0.25, -0.2) is 0 Å². The Morgan fingerprint density at radius 3 is 2.30 bits per heavy atom. The van der Waals surface area contributed by atoms with Crippen LogP contribution in [0, 0.1) is 11.3 Å². The number of hydrogen-bond acceptors (Lipinski definition) is 4. The summed E-state index contributed by atoms with van der Waals surface area (Å²) in [6.07, 6.45) is -3.45. The number of nitrogens with one attached hydrogen (secondary N) is 2. The van der Waals surface area contributed by atoms with E-state index >= 15 is 0 Å². The Balaban J connectivity index is 2.10. The second-order valence-electron chi connectivity index (χ2n) is 5.29. The molecule has 0 saturated carbocycles. The molecule has 0 spiro atoms. The van der Waals surface area contributed by atoms with Gasteiger partial charge in [0.25, 0.3) is 5.91 Å². The van der Waals surface area contributed by atoms with E-state index in [1.54, 1.807) is 6.07 Å². The molecule has 6 nitrogen and oxygen atoms in total. The Morgan fingerprint density at radius 1 is 1.07 bits per heavy atom. The highest BCUT2D eigenvalue weighted by Crippen LogP contribution is 2.30. The molecule has 0 radical (unpaired) electrons. The van der Waals surface area contributed by atoms with Gasteiger partial charge in [-0.2, -0.15) is 18.4 Å². The number of nitriles is 1. The molecule has 0 aliphatic carbocycles. The third kappa shape index (κ3) is 5.34. The predicted octanol–water partition coefficient (Wildman–Crippen LogP) is 3.26. The standard InChI is InChI=1S/C18H13F3N4O2/c19-18(20,21)13-2-1-3-15(8-13)25-17(27)12(9-22)10-24-14-6-4-11(5-7-14)16(23)26/h1-8,10,24H,(H2,23,26)(H,25,27)/b12-10-. The van der Waals surface area contributed by atoms with Crippen LogP contribution in [0.1, 0.15) is 15.9 Å². The van der Waals surface area contributed by atoms with Crippen molar-refractivity contribution in [3.63, 3.8) is 0 Å². The molecule has 0 saturated heterocycles. The number of benzene rings is 2. The number of hydrogen-bond donors (Lipinski definition) is 3. The number of rotatable bonds is 5. The summed E-state index contributed by atoms with van der Waals surface area (Å²) in [7, 11) is 0. The van der Waals surface area contributed by atoms with Gasteiger partial charge in [0, 0.05) is 23.1 Å². The Hall–Kier alpha value is -3.80. The highest BCUT2D eigenvalue weighted by Gasteiger charge is 2.30. The first kappa shape index (κ1) is 19.5. The molecule has 2 aromatic carbocycles. The largest absolute Gasteiger partial charge is 0.416 e. The lowest BCUT2D eigenvalue weighted by Crippen LogP contribution is -2.15. The Labute approximate surface area is 152 Å². The van der Waals surface area contributed by atoms with Crippen LogP contribution < -0.4 is 16.4 Å². The van der Waals surface area contributed by atoms with Crippen LogP contribution in [0.15, 0.2) is 60.3 Å². The second-order valence-corrected chi connectivity index (χ2v) is 5.29. The first-order valence-electron chi connectivity index (χ1n) is 7.46. The van der Waals surface area contributed by atoms with Crippen molar-refractivity contribution in [2.24, 2.45) is 5.73 Å². The van der Waals surface area contributed by atoms with Crippen LogP contribution in [0.5, 0.6) is 0 Å². The van der Waals surface area contributed by atoms with Crippen molar-refractivity contribution in [3.05, 3.63) is 71.4 Å². The molecule has 2 amide bonds. The lowest BCUT2D eigenvalue weighted by Gasteiger charge is -2.09. The molecule has 0 aromatic heterocycles. The molecule has 0 fully saturated rings. The first-order valence-corrected chi connectivity index (χ1v) is 7.46. The van der Waals surface area contributed by atoms with E-state index in [0.717, 1.165) is 24.4 Å². The molecule has 138 valence electrons. The van der Waals surface area contributed by atoms with E-state index < -0.39 is 23.6 Å². The number of anilines is 2. The lowest BCUT2D eigenvalue weighted by atomic mass is 10.2. The van der Waals surface area contributed by atoms with Gasteiger partial charge in [0.2, 0.25) is 5.91 Å². The van der Waals surface area contributed by atoms with Gasteiger partial charge in [-0.1, -0.05) is 6.07 Å². The molecule has 4 N–H and O–H groups in total. The SMILES string of the molecule is N#C/C(=C/Nc1ccc(C(N)=O)cc1)C(=O)Nc1cccc(C(F)(F)F)c1. The van der Waals surface area contributed by atoms with E-state index in [2.05, 4.69) is 10.6 Å². The monoisotopic (exact) mass is 374 g/mol. The molecule has 2 rings (SSSR count). The summed E-state index contributed by atoms with van der Waals surface area (Å²) < 4.78 is 38.1. The maximum Gasteiger partial charge on any atom is 0.416 e. The molecular formula is C18H13F3N4O2. The van der Waals surface area contributed by atoms with Gasteiger partial charge in [0.05, 0.1) is 5.56 Å². The van der Waals surface area contributed by atoms with Crippen LogP contribution in [0.3, 0.4) is 0 Å². The summed E-state index contributed by atoms with van der Waals surface area (Å²) in [6.45, 7) is 0. The van der Waals surface area contributed by atoms with E-state index in [1.165, 1.54) is 30.3 Å². The summed E-state index contributed by atoms with van der Waals surface area (Å²) in [4.78, 5) is 23.1. The number of carbonyl (C=O) groups is 2. The van der Waals surface area contributed by atoms with Crippen molar-refractivity contribution in [3.8, 4) is 6.07 Å². The van der Waals surface area contributed by atoms with Crippen molar-refractivity contribution in [1.29, 1.82) is 5.26 Å². The summed E-state index contributed by atoms with van der Waals surface area (Å²) in [5.74, 6) is -1.48. The number of carbonyl (C=O) groups excluding carboxylic acids is 2. The molecule has 0 aliphatic heterocycles. The van der Waals surface area contributed by atoms with E-state index in [1.807, 2.05) is 0 Å². The van der Waals surface area contributed by atoms with Gasteiger partial charge < -0.3 is 16.4 Å². The number of halogens is 3. The third-order valence-corrected chi connectivity index (χ3v) is 3.37. The van der Waals surface area contributed by atoms with Crippen molar-refractivity contribution < 1.29 is 22.8 Å². The van der Waals surface area contributed by atoms with Gasteiger partial charge in [-0.3, -0.25) is 9.59 Å². The van der Waals surface area contributed by atoms with Crippen molar-refractivity contribution in [1.82, 2.24) is 0 Å². The van der Waals surface area contributed by atoms with Crippen molar-refractivity contribution >= 4 is 23.2 Å². The normalized spacial score (nSPS) is 11.4. The Morgan fingerprint density at radius 2 is 1.74 bits per heavy atom. The molecule has 0 unspecified atom stereocenters. The summed E-state index contributed by atoms with van der Waals surface area (Å²) in [6, 6.07) is 11.6. The smallest absolute Gasteiger partial charge is 0.366 e.